The van der Waals surface area contributed by atoms with Crippen molar-refractivity contribution in [2.24, 2.45) is 0 Å². The third kappa shape index (κ3) is 5.19. The monoisotopic (exact) mass is 452 g/mol. The molecule has 2 fully saturated rings. The molecule has 2 heteroatoms. The van der Waals surface area contributed by atoms with E-state index in [-0.39, 0.29) is 12.2 Å². The maximum Gasteiger partial charge on any atom is 0.0608 e. The van der Waals surface area contributed by atoms with Crippen molar-refractivity contribution in [1.82, 2.24) is 0 Å². The summed E-state index contributed by atoms with van der Waals surface area (Å²) in [5.74, 6) is 0.682. The van der Waals surface area contributed by atoms with Gasteiger partial charge >= 0.3 is 0 Å². The molecule has 0 bridgehead atoms. The van der Waals surface area contributed by atoms with Crippen molar-refractivity contribution >= 4 is 21.5 Å². The lowest BCUT2D eigenvalue weighted by Crippen LogP contribution is -2.22. The van der Waals surface area contributed by atoms with Crippen LogP contribution in [0.2, 0.25) is 0 Å². The average molecular weight is 453 g/mol. The van der Waals surface area contributed by atoms with E-state index in [9.17, 15) is 10.2 Å². The lowest BCUT2D eigenvalue weighted by atomic mass is 9.81. The molecule has 0 heterocycles. The Bertz CT molecular complexity index is 1130. The maximum atomic E-state index is 10.1. The molecule has 176 valence electrons. The molecule has 0 spiro atoms. The van der Waals surface area contributed by atoms with Crippen LogP contribution in [0.4, 0.5) is 0 Å². The minimum Gasteiger partial charge on any atom is -0.392 e. The summed E-state index contributed by atoms with van der Waals surface area (Å²) in [7, 11) is 0. The second kappa shape index (κ2) is 10.7. The molecule has 2 aliphatic rings. The van der Waals surface area contributed by atoms with Crippen LogP contribution < -0.4 is 0 Å². The van der Waals surface area contributed by atoms with Gasteiger partial charge in [0.2, 0.25) is 0 Å². The molecule has 4 aromatic rings. The molecular weight excluding hydrogens is 416 g/mol. The summed E-state index contributed by atoms with van der Waals surface area (Å²) in [6.07, 6.45) is 8.70. The van der Waals surface area contributed by atoms with Gasteiger partial charge in [0.1, 0.15) is 0 Å². The van der Waals surface area contributed by atoms with Gasteiger partial charge < -0.3 is 10.2 Å². The highest BCUT2D eigenvalue weighted by molar-refractivity contribution is 5.83. The van der Waals surface area contributed by atoms with E-state index in [4.69, 9.17) is 0 Å². The second-order valence-corrected chi connectivity index (χ2v) is 10.1. The summed E-state index contributed by atoms with van der Waals surface area (Å²) in [6.45, 7) is 0. The Morgan fingerprint density at radius 3 is 1.24 bits per heavy atom. The van der Waals surface area contributed by atoms with Crippen LogP contribution >= 0.6 is 0 Å². The first kappa shape index (κ1) is 23.1. The van der Waals surface area contributed by atoms with Gasteiger partial charge in [-0.15, -0.1) is 0 Å². The van der Waals surface area contributed by atoms with E-state index >= 15 is 0 Å². The summed E-state index contributed by atoms with van der Waals surface area (Å²) in [5.41, 5.74) is 2.60. The third-order valence-corrected chi connectivity index (χ3v) is 7.86. The van der Waals surface area contributed by atoms with Gasteiger partial charge in [0.15, 0.2) is 0 Å². The van der Waals surface area contributed by atoms with E-state index in [0.29, 0.717) is 11.8 Å². The van der Waals surface area contributed by atoms with Crippen molar-refractivity contribution in [3.63, 3.8) is 0 Å². The Balaban J connectivity index is 0.000000142. The average Bonchev–Trinajstić information content (AvgIpc) is 2.89. The second-order valence-electron chi connectivity index (χ2n) is 10.1. The number of aliphatic hydroxyl groups excluding tert-OH is 2. The highest BCUT2D eigenvalue weighted by Crippen LogP contribution is 2.35. The summed E-state index contributed by atoms with van der Waals surface area (Å²) < 4.78 is 0. The Labute approximate surface area is 203 Å². The molecule has 0 saturated heterocycles. The molecule has 4 aromatic carbocycles. The highest BCUT2D eigenvalue weighted by atomic mass is 16.3. The van der Waals surface area contributed by atoms with Crippen LogP contribution in [0.25, 0.3) is 21.5 Å². The van der Waals surface area contributed by atoms with E-state index in [1.54, 1.807) is 0 Å². The first-order chi connectivity index (χ1) is 16.7. The predicted molar refractivity (Wildman–Crippen MR) is 142 cm³/mol. The summed E-state index contributed by atoms with van der Waals surface area (Å²) >= 11 is 0. The fraction of sp³-hybridized carbons (Fsp3) is 0.375. The van der Waals surface area contributed by atoms with E-state index in [0.717, 1.165) is 25.7 Å². The zero-order valence-electron chi connectivity index (χ0n) is 19.9. The van der Waals surface area contributed by atoms with Crippen molar-refractivity contribution in [3.05, 3.63) is 96.1 Å². The van der Waals surface area contributed by atoms with Crippen LogP contribution in [0.1, 0.15) is 74.3 Å². The van der Waals surface area contributed by atoms with Gasteiger partial charge in [0.05, 0.1) is 12.2 Å². The van der Waals surface area contributed by atoms with Gasteiger partial charge in [-0.3, -0.25) is 0 Å². The number of aliphatic hydroxyl groups is 2. The van der Waals surface area contributed by atoms with Gasteiger partial charge in [-0.2, -0.15) is 0 Å². The van der Waals surface area contributed by atoms with E-state index in [2.05, 4.69) is 84.9 Å². The van der Waals surface area contributed by atoms with Gasteiger partial charge in [0.25, 0.3) is 0 Å². The van der Waals surface area contributed by atoms with Crippen LogP contribution in [0.3, 0.4) is 0 Å². The van der Waals surface area contributed by atoms with E-state index in [1.807, 2.05) is 0 Å². The van der Waals surface area contributed by atoms with Crippen LogP contribution in [0, 0.1) is 0 Å². The Morgan fingerprint density at radius 2 is 0.824 bits per heavy atom. The number of fused-ring (bicyclic) bond motifs is 2. The molecule has 2 saturated carbocycles. The van der Waals surface area contributed by atoms with Crippen molar-refractivity contribution in [2.75, 3.05) is 0 Å². The largest absolute Gasteiger partial charge is 0.392 e. The van der Waals surface area contributed by atoms with Gasteiger partial charge in [-0.05, 0) is 58.4 Å². The van der Waals surface area contributed by atoms with Crippen molar-refractivity contribution in [2.45, 2.75) is 75.4 Å². The predicted octanol–water partition coefficient (Wildman–Crippen LogP) is 7.72. The van der Waals surface area contributed by atoms with E-state index < -0.39 is 0 Å². The van der Waals surface area contributed by atoms with Crippen molar-refractivity contribution < 1.29 is 10.2 Å². The molecule has 2 aliphatic carbocycles. The number of hydrogen-bond donors (Lipinski definition) is 2. The molecule has 0 unspecified atom stereocenters. The summed E-state index contributed by atoms with van der Waals surface area (Å²) in [6, 6.07) is 30.0. The van der Waals surface area contributed by atoms with E-state index in [1.165, 1.54) is 58.4 Å². The number of hydrogen-bond acceptors (Lipinski definition) is 2. The lowest BCUT2D eigenvalue weighted by Gasteiger charge is -2.28. The molecule has 6 rings (SSSR count). The lowest BCUT2D eigenvalue weighted by molar-refractivity contribution is 0.106. The Kier molecular flexibility index (Phi) is 7.27. The summed E-state index contributed by atoms with van der Waals surface area (Å²) in [4.78, 5) is 0. The van der Waals surface area contributed by atoms with Crippen molar-refractivity contribution in [1.29, 1.82) is 0 Å². The minimum atomic E-state index is -0.148. The zero-order valence-corrected chi connectivity index (χ0v) is 19.9. The minimum absolute atomic E-state index is 0.148. The molecule has 4 atom stereocenters. The number of benzene rings is 4. The van der Waals surface area contributed by atoms with Crippen LogP contribution in [0.15, 0.2) is 84.9 Å². The van der Waals surface area contributed by atoms with Crippen molar-refractivity contribution in [3.8, 4) is 0 Å². The molecule has 2 N–H and O–H groups in total. The zero-order chi connectivity index (χ0) is 23.3. The standard InChI is InChI=1S/2C16H18O/c2*17-16-8-4-3-7-15(16)14-10-9-12-5-1-2-6-13(12)11-14/h2*1-2,5-6,9-11,15-17H,3-4,7-8H2/t2*15-,16+/m00/s1. The molecule has 0 aliphatic heterocycles. The first-order valence-corrected chi connectivity index (χ1v) is 13.0. The number of rotatable bonds is 2. The molecule has 0 radical (unpaired) electrons. The smallest absolute Gasteiger partial charge is 0.0608 e. The topological polar surface area (TPSA) is 40.5 Å². The molecule has 2 nitrogen and oxygen atoms in total. The van der Waals surface area contributed by atoms with Crippen LogP contribution in [-0.4, -0.2) is 22.4 Å². The normalized spacial score (nSPS) is 25.0. The summed E-state index contributed by atoms with van der Waals surface area (Å²) in [5, 5.41) is 25.3. The SMILES string of the molecule is O[C@@H]1CCCC[C@H]1c1ccc2ccccc2c1.O[C@@H]1CCCC[C@H]1c1ccc2ccccc2c1. The fourth-order valence-electron chi connectivity index (χ4n) is 5.88. The van der Waals surface area contributed by atoms with Gasteiger partial charge in [0, 0.05) is 11.8 Å². The first-order valence-electron chi connectivity index (χ1n) is 13.0. The van der Waals surface area contributed by atoms with Gasteiger partial charge in [-0.1, -0.05) is 111 Å². The maximum absolute atomic E-state index is 10.1. The fourth-order valence-corrected chi connectivity index (χ4v) is 5.88. The highest BCUT2D eigenvalue weighted by Gasteiger charge is 2.25. The molecular formula is C32H36O2. The third-order valence-electron chi connectivity index (χ3n) is 7.86. The van der Waals surface area contributed by atoms with Crippen LogP contribution in [-0.2, 0) is 0 Å². The Hall–Kier alpha value is -2.68. The molecule has 34 heavy (non-hydrogen) atoms. The van der Waals surface area contributed by atoms with Gasteiger partial charge in [-0.25, -0.2) is 0 Å². The quantitative estimate of drug-likeness (QED) is 0.327. The molecule has 0 aromatic heterocycles. The van der Waals surface area contributed by atoms with Crippen LogP contribution in [0.5, 0.6) is 0 Å². The molecule has 0 amide bonds. The Morgan fingerprint density at radius 1 is 0.441 bits per heavy atom.